The first-order chi connectivity index (χ1) is 20.3. The number of hydrogen-bond donors (Lipinski definition) is 1. The zero-order valence-corrected chi connectivity index (χ0v) is 26.5. The summed E-state index contributed by atoms with van der Waals surface area (Å²) in [7, 11) is -3.18. The van der Waals surface area contributed by atoms with Crippen LogP contribution in [-0.2, 0) is 22.4 Å². The van der Waals surface area contributed by atoms with Crippen LogP contribution in [0.5, 0.6) is 11.5 Å². The third-order valence-electron chi connectivity index (χ3n) is 7.17. The van der Waals surface area contributed by atoms with Crippen LogP contribution < -0.4 is 24.6 Å². The maximum absolute atomic E-state index is 12.5. The van der Waals surface area contributed by atoms with E-state index in [1.54, 1.807) is 19.2 Å². The number of unbranched alkanes of at least 4 members (excludes halogenated alkanes) is 10. The molecule has 0 aromatic heterocycles. The summed E-state index contributed by atoms with van der Waals surface area (Å²) in [4.78, 5) is 35.6. The number of amides is 1. The van der Waals surface area contributed by atoms with Gasteiger partial charge in [-0.1, -0.05) is 95.9 Å². The lowest BCUT2D eigenvalue weighted by Gasteiger charge is -2.34. The molecule has 0 aliphatic rings. The van der Waals surface area contributed by atoms with Gasteiger partial charge in [-0.15, -0.1) is 0 Å². The Bertz CT molecular complexity index is 1080. The molecule has 2 aromatic carbocycles. The van der Waals surface area contributed by atoms with E-state index >= 15 is 0 Å². The zero-order chi connectivity index (χ0) is 30.5. The Balaban J connectivity index is 1.67. The molecule has 0 heterocycles. The van der Waals surface area contributed by atoms with Crippen LogP contribution >= 0.6 is 7.60 Å². The maximum atomic E-state index is 12.5. The van der Waals surface area contributed by atoms with E-state index in [4.69, 9.17) is 9.47 Å². The van der Waals surface area contributed by atoms with Crippen molar-refractivity contribution < 1.29 is 28.6 Å². The third-order valence-corrected chi connectivity index (χ3v) is 8.06. The van der Waals surface area contributed by atoms with Crippen molar-refractivity contribution >= 4 is 13.5 Å². The smallest absolute Gasteiger partial charge is 0.220 e. The summed E-state index contributed by atoms with van der Waals surface area (Å²) >= 11 is 0. The second-order valence-electron chi connectivity index (χ2n) is 11.0. The number of nitrogens with one attached hydrogen (secondary N) is 1. The summed E-state index contributed by atoms with van der Waals surface area (Å²) in [6, 6.07) is 14.1. The average Bonchev–Trinajstić information content (AvgIpc) is 2.96. The van der Waals surface area contributed by atoms with Crippen molar-refractivity contribution in [3.05, 3.63) is 71.8 Å². The van der Waals surface area contributed by atoms with Crippen molar-refractivity contribution in [3.8, 4) is 11.5 Å². The van der Waals surface area contributed by atoms with Gasteiger partial charge in [0.05, 0.1) is 7.11 Å². The summed E-state index contributed by atoms with van der Waals surface area (Å²) in [6.45, 7) is 2.61. The standard InChI is InChI=1S/C34H52NO6P/c1-3-4-5-6-7-8-9-10-11-12-13-14-15-16-20-34(36)35-31(28-42(37,38)39)25-29-21-23-32(24-22-29)41-27-30-18-17-19-33(26-30)40-2/h9-10,17-19,21-24,26,31H,3-8,11-16,20,25,27-28H2,1-2H3,(H,35,36)(H2,37,38,39)/p-2/b10-9-/t31-/m0/s1. The monoisotopic (exact) mass is 599 g/mol. The maximum Gasteiger partial charge on any atom is 0.220 e. The average molecular weight is 600 g/mol. The van der Waals surface area contributed by atoms with Gasteiger partial charge in [0.2, 0.25) is 5.91 Å². The predicted octanol–water partition coefficient (Wildman–Crippen LogP) is 6.86. The zero-order valence-electron chi connectivity index (χ0n) is 25.6. The van der Waals surface area contributed by atoms with Crippen LogP contribution in [0.25, 0.3) is 0 Å². The van der Waals surface area contributed by atoms with E-state index in [1.807, 2.05) is 36.4 Å². The molecule has 0 saturated carbocycles. The van der Waals surface area contributed by atoms with Crippen LogP contribution in [0.1, 0.15) is 102 Å². The molecule has 42 heavy (non-hydrogen) atoms. The minimum absolute atomic E-state index is 0.214. The van der Waals surface area contributed by atoms with Gasteiger partial charge < -0.3 is 29.1 Å². The van der Waals surface area contributed by atoms with Gasteiger partial charge in [0.1, 0.15) is 18.1 Å². The highest BCUT2D eigenvalue weighted by Gasteiger charge is 2.15. The van der Waals surface area contributed by atoms with Crippen molar-refractivity contribution in [2.45, 2.75) is 109 Å². The Morgan fingerprint density at radius 3 is 2.14 bits per heavy atom. The van der Waals surface area contributed by atoms with E-state index in [2.05, 4.69) is 24.4 Å². The van der Waals surface area contributed by atoms with Gasteiger partial charge in [0.15, 0.2) is 0 Å². The molecule has 0 radical (unpaired) electrons. The predicted molar refractivity (Wildman–Crippen MR) is 167 cm³/mol. The van der Waals surface area contributed by atoms with Crippen LogP contribution in [0.15, 0.2) is 60.7 Å². The van der Waals surface area contributed by atoms with E-state index in [0.29, 0.717) is 18.8 Å². The van der Waals surface area contributed by atoms with Gasteiger partial charge >= 0.3 is 0 Å². The summed E-state index contributed by atoms with van der Waals surface area (Å²) in [5.41, 5.74) is 1.78. The van der Waals surface area contributed by atoms with Gasteiger partial charge in [0, 0.05) is 12.5 Å². The summed E-state index contributed by atoms with van der Waals surface area (Å²) in [5.74, 6) is 1.21. The molecular weight excluding hydrogens is 549 g/mol. The second-order valence-corrected chi connectivity index (χ2v) is 12.6. The Morgan fingerprint density at radius 1 is 0.857 bits per heavy atom. The number of methoxy groups -OCH3 is 1. The van der Waals surface area contributed by atoms with Crippen molar-refractivity contribution in [2.24, 2.45) is 0 Å². The molecule has 7 nitrogen and oxygen atoms in total. The normalized spacial score (nSPS) is 12.4. The molecular formula is C34H50NO6P-2. The van der Waals surface area contributed by atoms with Crippen LogP contribution in [0.3, 0.4) is 0 Å². The number of hydrogen-bond acceptors (Lipinski definition) is 6. The van der Waals surface area contributed by atoms with Gasteiger partial charge in [-0.25, -0.2) is 0 Å². The summed E-state index contributed by atoms with van der Waals surface area (Å²) < 4.78 is 22.6. The molecule has 2 rings (SSSR count). The highest BCUT2D eigenvalue weighted by atomic mass is 31.2. The molecule has 0 bridgehead atoms. The Hall–Kier alpha value is -2.60. The topological polar surface area (TPSA) is 111 Å². The molecule has 0 saturated heterocycles. The largest absolute Gasteiger partial charge is 0.811 e. The quantitative estimate of drug-likeness (QED) is 0.0849. The fourth-order valence-electron chi connectivity index (χ4n) is 4.85. The molecule has 0 aliphatic carbocycles. The molecule has 0 unspecified atom stereocenters. The SMILES string of the molecule is CCCCCCC/C=C\CCCCCCCC(=O)N[C@@H](Cc1ccc(OCc2cccc(OC)c2)cc1)CP(=O)([O-])[O-]. The summed E-state index contributed by atoms with van der Waals surface area (Å²) in [5, 5.41) is 2.78. The lowest BCUT2D eigenvalue weighted by molar-refractivity contribution is -0.313. The number of ether oxygens (including phenoxy) is 2. The molecule has 2 aromatic rings. The minimum Gasteiger partial charge on any atom is -0.811 e. The number of allylic oxidation sites excluding steroid dienone is 2. The van der Waals surface area contributed by atoms with E-state index in [0.717, 1.165) is 55.4 Å². The number of carbonyl (C=O) groups excluding carboxylic acids is 1. The molecule has 234 valence electrons. The van der Waals surface area contributed by atoms with Crippen molar-refractivity contribution in [1.82, 2.24) is 5.32 Å². The Kier molecular flexibility index (Phi) is 17.9. The van der Waals surface area contributed by atoms with Crippen molar-refractivity contribution in [1.29, 1.82) is 0 Å². The highest BCUT2D eigenvalue weighted by molar-refractivity contribution is 7.48. The number of benzene rings is 2. The fourth-order valence-corrected chi connectivity index (χ4v) is 5.61. The molecule has 1 amide bonds. The first-order valence-corrected chi connectivity index (χ1v) is 17.3. The van der Waals surface area contributed by atoms with Crippen LogP contribution in [0.2, 0.25) is 0 Å². The van der Waals surface area contributed by atoms with E-state index in [9.17, 15) is 19.1 Å². The van der Waals surface area contributed by atoms with E-state index < -0.39 is 19.8 Å². The second kappa shape index (κ2) is 21.1. The van der Waals surface area contributed by atoms with Crippen molar-refractivity contribution in [2.75, 3.05) is 13.3 Å². The van der Waals surface area contributed by atoms with Crippen LogP contribution in [0, 0.1) is 0 Å². The lowest BCUT2D eigenvalue weighted by atomic mass is 10.1. The number of carbonyl (C=O) groups is 1. The Labute approximate surface area is 253 Å². The molecule has 0 spiro atoms. The van der Waals surface area contributed by atoms with E-state index in [1.165, 1.54) is 38.5 Å². The molecule has 1 N–H and O–H groups in total. The lowest BCUT2D eigenvalue weighted by Crippen LogP contribution is -2.41. The summed E-state index contributed by atoms with van der Waals surface area (Å²) in [6.07, 6.45) is 18.5. The first-order valence-electron chi connectivity index (χ1n) is 15.6. The molecule has 1 atom stereocenters. The van der Waals surface area contributed by atoms with Crippen molar-refractivity contribution in [3.63, 3.8) is 0 Å². The highest BCUT2D eigenvalue weighted by Crippen LogP contribution is 2.26. The third kappa shape index (κ3) is 17.4. The Morgan fingerprint density at radius 2 is 1.50 bits per heavy atom. The molecule has 0 aliphatic heterocycles. The van der Waals surface area contributed by atoms with E-state index in [-0.39, 0.29) is 12.3 Å². The van der Waals surface area contributed by atoms with Crippen LogP contribution in [0.4, 0.5) is 0 Å². The fraction of sp³-hybridized carbons (Fsp3) is 0.559. The minimum atomic E-state index is -4.79. The first kappa shape index (κ1) is 35.6. The molecule has 8 heteroatoms. The van der Waals surface area contributed by atoms with Gasteiger partial charge in [0.25, 0.3) is 0 Å². The van der Waals surface area contributed by atoms with Gasteiger partial charge in [-0.2, -0.15) is 0 Å². The van der Waals surface area contributed by atoms with Gasteiger partial charge in [-0.3, -0.25) is 4.79 Å². The molecule has 0 fully saturated rings. The van der Waals surface area contributed by atoms with Crippen LogP contribution in [-0.4, -0.2) is 25.2 Å². The number of rotatable bonds is 23. The van der Waals surface area contributed by atoms with Gasteiger partial charge in [-0.05, 0) is 80.1 Å².